The van der Waals surface area contributed by atoms with Crippen LogP contribution >= 0.6 is 0 Å². The van der Waals surface area contributed by atoms with Crippen molar-refractivity contribution in [3.63, 3.8) is 0 Å². The van der Waals surface area contributed by atoms with Crippen molar-refractivity contribution in [1.82, 2.24) is 14.5 Å². The zero-order valence-corrected chi connectivity index (χ0v) is 18.6. The molecule has 0 aliphatic rings. The quantitative estimate of drug-likeness (QED) is 0.304. The maximum atomic E-state index is 4.81. The van der Waals surface area contributed by atoms with Crippen molar-refractivity contribution in [1.29, 1.82) is 0 Å². The Morgan fingerprint density at radius 3 is 2.31 bits per heavy atom. The van der Waals surface area contributed by atoms with Crippen LogP contribution in [0.3, 0.4) is 0 Å². The smallest absolute Gasteiger partial charge is 0.116 e. The third-order valence-electron chi connectivity index (χ3n) is 6.50. The average molecular weight is 416 g/mol. The van der Waals surface area contributed by atoms with Gasteiger partial charge in [0.25, 0.3) is 0 Å². The van der Waals surface area contributed by atoms with E-state index < -0.39 is 0 Å². The van der Waals surface area contributed by atoms with Crippen LogP contribution in [0.2, 0.25) is 0 Å². The number of rotatable bonds is 3. The minimum absolute atomic E-state index is 0.586. The molecule has 0 unspecified atom stereocenters. The number of benzene rings is 4. The molecule has 6 rings (SSSR count). The summed E-state index contributed by atoms with van der Waals surface area (Å²) >= 11 is 0. The van der Waals surface area contributed by atoms with Gasteiger partial charge in [0.15, 0.2) is 0 Å². The molecule has 0 atom stereocenters. The Labute approximate surface area is 187 Å². The molecular weight excluding hydrogens is 390 g/mol. The highest BCUT2D eigenvalue weighted by Crippen LogP contribution is 2.37. The lowest BCUT2D eigenvalue weighted by atomic mass is 9.93. The van der Waals surface area contributed by atoms with Crippen molar-refractivity contribution in [2.24, 2.45) is 13.0 Å². The highest BCUT2D eigenvalue weighted by molar-refractivity contribution is 6.18. The van der Waals surface area contributed by atoms with Crippen LogP contribution in [-0.4, -0.2) is 14.5 Å². The molecule has 2 aromatic heterocycles. The predicted molar refractivity (Wildman–Crippen MR) is 135 cm³/mol. The Morgan fingerprint density at radius 1 is 0.750 bits per heavy atom. The fraction of sp³-hybridized carbons (Fsp3) is 0.172. The minimum Gasteiger partial charge on any atom is -0.340 e. The van der Waals surface area contributed by atoms with Gasteiger partial charge in [-0.15, -0.1) is 0 Å². The molecule has 0 aliphatic heterocycles. The first kappa shape index (κ1) is 19.0. The summed E-state index contributed by atoms with van der Waals surface area (Å²) < 4.78 is 2.28. The fourth-order valence-electron chi connectivity index (χ4n) is 5.16. The summed E-state index contributed by atoms with van der Waals surface area (Å²) in [6.45, 7) is 4.55. The van der Waals surface area contributed by atoms with Crippen LogP contribution in [0.4, 0.5) is 0 Å². The van der Waals surface area contributed by atoms with Gasteiger partial charge in [-0.1, -0.05) is 68.4 Å². The molecule has 0 amide bonds. The van der Waals surface area contributed by atoms with Crippen molar-refractivity contribution in [3.05, 3.63) is 84.7 Å². The SMILES string of the molecule is CC(C)Cc1cc(-c2ncnc3c4ccc5ccccc5c4n(C)c23)cc2ccccc12. The highest BCUT2D eigenvalue weighted by Gasteiger charge is 2.18. The van der Waals surface area contributed by atoms with Gasteiger partial charge in [0.2, 0.25) is 0 Å². The lowest BCUT2D eigenvalue weighted by Gasteiger charge is -2.13. The summed E-state index contributed by atoms with van der Waals surface area (Å²) in [7, 11) is 2.14. The molecule has 0 radical (unpaired) electrons. The van der Waals surface area contributed by atoms with E-state index in [0.717, 1.165) is 28.7 Å². The first-order valence-electron chi connectivity index (χ1n) is 11.2. The average Bonchev–Trinajstić information content (AvgIpc) is 3.11. The van der Waals surface area contributed by atoms with E-state index >= 15 is 0 Å². The topological polar surface area (TPSA) is 30.7 Å². The number of aryl methyl sites for hydroxylation is 1. The molecule has 0 spiro atoms. The van der Waals surface area contributed by atoms with Gasteiger partial charge in [-0.05, 0) is 52.3 Å². The molecule has 4 aromatic carbocycles. The van der Waals surface area contributed by atoms with E-state index in [2.05, 4.69) is 98.3 Å². The maximum Gasteiger partial charge on any atom is 0.116 e. The third-order valence-corrected chi connectivity index (χ3v) is 6.50. The van der Waals surface area contributed by atoms with Crippen LogP contribution in [0, 0.1) is 5.92 Å². The molecule has 0 fully saturated rings. The van der Waals surface area contributed by atoms with Gasteiger partial charge in [0.05, 0.1) is 16.7 Å². The van der Waals surface area contributed by atoms with Crippen molar-refractivity contribution in [2.75, 3.05) is 0 Å². The van der Waals surface area contributed by atoms with Crippen LogP contribution in [0.5, 0.6) is 0 Å². The van der Waals surface area contributed by atoms with Crippen molar-refractivity contribution < 1.29 is 0 Å². The van der Waals surface area contributed by atoms with Gasteiger partial charge < -0.3 is 4.57 Å². The number of hydrogen-bond acceptors (Lipinski definition) is 2. The minimum atomic E-state index is 0.586. The van der Waals surface area contributed by atoms with E-state index in [1.54, 1.807) is 6.33 Å². The normalized spacial score (nSPS) is 12.0. The molecule has 3 nitrogen and oxygen atoms in total. The molecule has 3 heteroatoms. The highest BCUT2D eigenvalue weighted by atomic mass is 15.0. The first-order valence-corrected chi connectivity index (χ1v) is 11.2. The second-order valence-electron chi connectivity index (χ2n) is 9.12. The number of fused-ring (bicyclic) bond motifs is 6. The maximum absolute atomic E-state index is 4.81. The Kier molecular flexibility index (Phi) is 4.25. The summed E-state index contributed by atoms with van der Waals surface area (Å²) in [5.41, 5.74) is 6.84. The third kappa shape index (κ3) is 2.81. The largest absolute Gasteiger partial charge is 0.340 e. The van der Waals surface area contributed by atoms with E-state index in [4.69, 9.17) is 9.97 Å². The van der Waals surface area contributed by atoms with E-state index in [1.165, 1.54) is 38.0 Å². The predicted octanol–water partition coefficient (Wildman–Crippen LogP) is 7.29. The second kappa shape index (κ2) is 7.16. The van der Waals surface area contributed by atoms with Gasteiger partial charge >= 0.3 is 0 Å². The molecule has 0 aliphatic carbocycles. The van der Waals surface area contributed by atoms with E-state index in [0.29, 0.717) is 5.92 Å². The summed E-state index contributed by atoms with van der Waals surface area (Å²) in [6, 6.07) is 26.2. The van der Waals surface area contributed by atoms with Gasteiger partial charge in [0.1, 0.15) is 11.8 Å². The molecule has 6 aromatic rings. The lowest BCUT2D eigenvalue weighted by molar-refractivity contribution is 0.650. The summed E-state index contributed by atoms with van der Waals surface area (Å²) in [6.07, 6.45) is 2.76. The van der Waals surface area contributed by atoms with E-state index in [1.807, 2.05) is 0 Å². The summed E-state index contributed by atoms with van der Waals surface area (Å²) in [5.74, 6) is 0.586. The zero-order valence-electron chi connectivity index (χ0n) is 18.6. The van der Waals surface area contributed by atoms with Crippen LogP contribution in [0.15, 0.2) is 79.1 Å². The monoisotopic (exact) mass is 415 g/mol. The van der Waals surface area contributed by atoms with Crippen LogP contribution in [0.1, 0.15) is 19.4 Å². The molecule has 0 bridgehead atoms. The molecule has 0 saturated heterocycles. The first-order chi connectivity index (χ1) is 15.6. The van der Waals surface area contributed by atoms with E-state index in [-0.39, 0.29) is 0 Å². The molecule has 156 valence electrons. The molecule has 0 N–H and O–H groups in total. The molecule has 0 saturated carbocycles. The van der Waals surface area contributed by atoms with Gasteiger partial charge in [0, 0.05) is 23.4 Å². The zero-order chi connectivity index (χ0) is 21.8. The molecule has 2 heterocycles. The Bertz CT molecular complexity index is 1640. The molecular formula is C29H25N3. The number of nitrogens with zero attached hydrogens (tertiary/aromatic N) is 3. The van der Waals surface area contributed by atoms with Crippen LogP contribution in [-0.2, 0) is 13.5 Å². The van der Waals surface area contributed by atoms with Crippen LogP contribution < -0.4 is 0 Å². The molecule has 32 heavy (non-hydrogen) atoms. The van der Waals surface area contributed by atoms with Crippen molar-refractivity contribution in [3.8, 4) is 11.3 Å². The van der Waals surface area contributed by atoms with Gasteiger partial charge in [-0.3, -0.25) is 0 Å². The fourth-order valence-corrected chi connectivity index (χ4v) is 5.16. The van der Waals surface area contributed by atoms with Crippen LogP contribution in [0.25, 0.3) is 54.7 Å². The van der Waals surface area contributed by atoms with Gasteiger partial charge in [-0.2, -0.15) is 0 Å². The van der Waals surface area contributed by atoms with Crippen molar-refractivity contribution >= 4 is 43.5 Å². The Morgan fingerprint density at radius 2 is 1.50 bits per heavy atom. The summed E-state index contributed by atoms with van der Waals surface area (Å²) in [5, 5.41) is 6.25. The number of hydrogen-bond donors (Lipinski definition) is 0. The standard InChI is InChI=1S/C29H25N3/c1-18(2)14-21-16-22(15-20-9-5-6-10-23(20)21)26-29-27(31-17-30-26)25-13-12-19-8-4-7-11-24(19)28(25)32(29)3/h4-13,15-18H,14H2,1-3H3. The lowest BCUT2D eigenvalue weighted by Crippen LogP contribution is -1.98. The summed E-state index contributed by atoms with van der Waals surface area (Å²) in [4.78, 5) is 9.53. The second-order valence-corrected chi connectivity index (χ2v) is 9.12. The number of aromatic nitrogens is 3. The Hall–Kier alpha value is -3.72. The van der Waals surface area contributed by atoms with Gasteiger partial charge in [-0.25, -0.2) is 9.97 Å². The van der Waals surface area contributed by atoms with Crippen molar-refractivity contribution in [2.45, 2.75) is 20.3 Å². The van der Waals surface area contributed by atoms with E-state index in [9.17, 15) is 0 Å². The Balaban J connectivity index is 1.70.